The summed E-state index contributed by atoms with van der Waals surface area (Å²) in [5, 5.41) is 6.99. The average Bonchev–Trinajstić information content (AvgIpc) is 2.89. The van der Waals surface area contributed by atoms with E-state index in [1.165, 1.54) is 0 Å². The van der Waals surface area contributed by atoms with Crippen molar-refractivity contribution in [2.75, 3.05) is 6.61 Å². The molecule has 1 heterocycles. The molecule has 6 nitrogen and oxygen atoms in total. The van der Waals surface area contributed by atoms with Crippen LogP contribution in [-0.2, 0) is 0 Å². The van der Waals surface area contributed by atoms with E-state index in [-0.39, 0.29) is 5.91 Å². The van der Waals surface area contributed by atoms with Gasteiger partial charge in [-0.1, -0.05) is 13.3 Å². The molecule has 6 heteroatoms. The van der Waals surface area contributed by atoms with Crippen LogP contribution in [0.2, 0.25) is 0 Å². The Hall–Kier alpha value is -2.34. The number of rotatable bonds is 6. The fourth-order valence-corrected chi connectivity index (χ4v) is 2.03. The molecule has 2 aromatic rings. The fraction of sp³-hybridized carbons (Fsp3) is 0.333. The number of aromatic nitrogens is 2. The molecule has 0 atom stereocenters. The first kappa shape index (κ1) is 15.1. The normalized spacial score (nSPS) is 10.4. The Kier molecular flexibility index (Phi) is 4.94. The predicted octanol–water partition coefficient (Wildman–Crippen LogP) is 2.17. The highest BCUT2D eigenvalue weighted by atomic mass is 16.5. The van der Waals surface area contributed by atoms with E-state index < -0.39 is 0 Å². The smallest absolute Gasteiger partial charge is 0.269 e. The summed E-state index contributed by atoms with van der Waals surface area (Å²) < 4.78 is 5.61. The summed E-state index contributed by atoms with van der Waals surface area (Å²) in [5.41, 5.74) is 4.69. The number of benzene rings is 1. The van der Waals surface area contributed by atoms with Crippen LogP contribution in [0.1, 0.15) is 35.8 Å². The summed E-state index contributed by atoms with van der Waals surface area (Å²) in [6, 6.07) is 7.51. The molecule has 1 aromatic heterocycles. The van der Waals surface area contributed by atoms with E-state index in [0.717, 1.165) is 24.2 Å². The van der Waals surface area contributed by atoms with Crippen molar-refractivity contribution >= 4 is 5.91 Å². The number of nitrogens with zero attached hydrogens (tertiary/aromatic N) is 1. The van der Waals surface area contributed by atoms with Crippen molar-refractivity contribution in [3.63, 3.8) is 0 Å². The van der Waals surface area contributed by atoms with Crippen molar-refractivity contribution in [1.29, 1.82) is 0 Å². The van der Waals surface area contributed by atoms with Gasteiger partial charge in [0, 0.05) is 11.3 Å². The van der Waals surface area contributed by atoms with E-state index in [2.05, 4.69) is 22.5 Å². The van der Waals surface area contributed by atoms with Crippen molar-refractivity contribution in [2.24, 2.45) is 5.84 Å². The predicted molar refractivity (Wildman–Crippen MR) is 80.8 cm³/mol. The standard InChI is InChI=1S/C15H20N4O2/c1-3-4-9-21-12-7-5-11(6-8-12)14-13(15(20)17-16)10(2)18-19-14/h5-8H,3-4,9,16H2,1-2H3,(H,17,20)(H,18,19). The molecule has 0 radical (unpaired) electrons. The number of aromatic amines is 1. The third kappa shape index (κ3) is 3.41. The van der Waals surface area contributed by atoms with Gasteiger partial charge in [-0.25, -0.2) is 5.84 Å². The number of nitrogens with one attached hydrogen (secondary N) is 2. The van der Waals surface area contributed by atoms with Crippen molar-refractivity contribution < 1.29 is 9.53 Å². The van der Waals surface area contributed by atoms with Gasteiger partial charge in [0.25, 0.3) is 5.91 Å². The summed E-state index contributed by atoms with van der Waals surface area (Å²) in [6.45, 7) is 4.61. The highest BCUT2D eigenvalue weighted by molar-refractivity contribution is 6.00. The number of amides is 1. The van der Waals surface area contributed by atoms with Crippen LogP contribution >= 0.6 is 0 Å². The average molecular weight is 288 g/mol. The maximum atomic E-state index is 11.8. The van der Waals surface area contributed by atoms with Gasteiger partial charge in [0.2, 0.25) is 0 Å². The number of nitrogens with two attached hydrogens (primary N) is 1. The highest BCUT2D eigenvalue weighted by Gasteiger charge is 2.18. The molecule has 0 unspecified atom stereocenters. The SMILES string of the molecule is CCCCOc1ccc(-c2n[nH]c(C)c2C(=O)NN)cc1. The van der Waals surface area contributed by atoms with Gasteiger partial charge in [-0.3, -0.25) is 15.3 Å². The minimum Gasteiger partial charge on any atom is -0.494 e. The van der Waals surface area contributed by atoms with E-state index in [0.29, 0.717) is 23.6 Å². The van der Waals surface area contributed by atoms with E-state index in [9.17, 15) is 4.79 Å². The van der Waals surface area contributed by atoms with Crippen LogP contribution in [0.3, 0.4) is 0 Å². The van der Waals surface area contributed by atoms with Crippen LogP contribution in [0.5, 0.6) is 5.75 Å². The Labute approximate surface area is 123 Å². The van der Waals surface area contributed by atoms with Gasteiger partial charge in [-0.05, 0) is 37.6 Å². The first-order valence-corrected chi connectivity index (χ1v) is 6.96. The second-order valence-electron chi connectivity index (χ2n) is 4.77. The van der Waals surface area contributed by atoms with Crippen LogP contribution < -0.4 is 16.0 Å². The fourth-order valence-electron chi connectivity index (χ4n) is 2.03. The molecule has 0 aliphatic heterocycles. The maximum absolute atomic E-state index is 11.8. The second-order valence-corrected chi connectivity index (χ2v) is 4.77. The minimum absolute atomic E-state index is 0.362. The molecule has 0 aliphatic carbocycles. The van der Waals surface area contributed by atoms with Crippen molar-refractivity contribution in [1.82, 2.24) is 15.6 Å². The first-order chi connectivity index (χ1) is 10.2. The van der Waals surface area contributed by atoms with E-state index in [1.54, 1.807) is 6.92 Å². The van der Waals surface area contributed by atoms with Crippen LogP contribution in [0.25, 0.3) is 11.3 Å². The number of carbonyl (C=O) groups excluding carboxylic acids is 1. The monoisotopic (exact) mass is 288 g/mol. The molecule has 0 fully saturated rings. The van der Waals surface area contributed by atoms with Crippen LogP contribution in [-0.4, -0.2) is 22.7 Å². The zero-order chi connectivity index (χ0) is 15.2. The molecule has 0 spiro atoms. The highest BCUT2D eigenvalue weighted by Crippen LogP contribution is 2.25. The molecule has 2 rings (SSSR count). The van der Waals surface area contributed by atoms with Gasteiger partial charge < -0.3 is 4.74 Å². The molecule has 0 saturated heterocycles. The van der Waals surface area contributed by atoms with Crippen molar-refractivity contribution in [3.05, 3.63) is 35.5 Å². The number of hydrogen-bond donors (Lipinski definition) is 3. The third-order valence-corrected chi connectivity index (χ3v) is 3.20. The van der Waals surface area contributed by atoms with Gasteiger partial charge in [0.15, 0.2) is 0 Å². The number of aryl methyl sites for hydroxylation is 1. The zero-order valence-corrected chi connectivity index (χ0v) is 12.3. The lowest BCUT2D eigenvalue weighted by Crippen LogP contribution is -2.30. The molecule has 0 aliphatic rings. The topological polar surface area (TPSA) is 93.0 Å². The van der Waals surface area contributed by atoms with Crippen LogP contribution in [0.4, 0.5) is 0 Å². The minimum atomic E-state index is -0.362. The Morgan fingerprint density at radius 2 is 2.10 bits per heavy atom. The van der Waals surface area contributed by atoms with Gasteiger partial charge in [0.1, 0.15) is 11.4 Å². The van der Waals surface area contributed by atoms with E-state index in [1.807, 2.05) is 24.3 Å². The van der Waals surface area contributed by atoms with Crippen molar-refractivity contribution in [2.45, 2.75) is 26.7 Å². The molecule has 0 bridgehead atoms. The lowest BCUT2D eigenvalue weighted by Gasteiger charge is -2.06. The molecule has 0 saturated carbocycles. The van der Waals surface area contributed by atoms with Gasteiger partial charge >= 0.3 is 0 Å². The first-order valence-electron chi connectivity index (χ1n) is 6.96. The number of hydrogen-bond acceptors (Lipinski definition) is 4. The molecule has 112 valence electrons. The largest absolute Gasteiger partial charge is 0.494 e. The Balaban J connectivity index is 2.21. The number of unbranched alkanes of at least 4 members (excludes halogenated alkanes) is 1. The molecular weight excluding hydrogens is 268 g/mol. The van der Waals surface area contributed by atoms with Gasteiger partial charge in [-0.2, -0.15) is 5.10 Å². The summed E-state index contributed by atoms with van der Waals surface area (Å²) in [5.74, 6) is 5.66. The van der Waals surface area contributed by atoms with E-state index in [4.69, 9.17) is 10.6 Å². The van der Waals surface area contributed by atoms with Crippen LogP contribution in [0, 0.1) is 6.92 Å². The van der Waals surface area contributed by atoms with E-state index >= 15 is 0 Å². The molecule has 21 heavy (non-hydrogen) atoms. The maximum Gasteiger partial charge on any atom is 0.269 e. The Morgan fingerprint density at radius 3 is 2.71 bits per heavy atom. The lowest BCUT2D eigenvalue weighted by atomic mass is 10.1. The zero-order valence-electron chi connectivity index (χ0n) is 12.3. The Morgan fingerprint density at radius 1 is 1.38 bits per heavy atom. The number of hydrazine groups is 1. The lowest BCUT2D eigenvalue weighted by molar-refractivity contribution is 0.0954. The molecular formula is C15H20N4O2. The van der Waals surface area contributed by atoms with Gasteiger partial charge in [-0.15, -0.1) is 0 Å². The number of carbonyl (C=O) groups is 1. The van der Waals surface area contributed by atoms with Crippen molar-refractivity contribution in [3.8, 4) is 17.0 Å². The molecule has 1 aromatic carbocycles. The second kappa shape index (κ2) is 6.90. The number of H-pyrrole nitrogens is 1. The van der Waals surface area contributed by atoms with Gasteiger partial charge in [0.05, 0.1) is 12.2 Å². The number of ether oxygens (including phenoxy) is 1. The number of nitrogen functional groups attached to an aromatic ring is 1. The summed E-state index contributed by atoms with van der Waals surface area (Å²) >= 11 is 0. The van der Waals surface area contributed by atoms with Crippen LogP contribution in [0.15, 0.2) is 24.3 Å². The molecule has 1 amide bonds. The Bertz CT molecular complexity index is 605. The quantitative estimate of drug-likeness (QED) is 0.329. The summed E-state index contributed by atoms with van der Waals surface area (Å²) in [7, 11) is 0. The summed E-state index contributed by atoms with van der Waals surface area (Å²) in [4.78, 5) is 11.8. The molecule has 4 N–H and O–H groups in total. The third-order valence-electron chi connectivity index (χ3n) is 3.20. The summed E-state index contributed by atoms with van der Waals surface area (Å²) in [6.07, 6.45) is 2.13.